The molecule has 0 N–H and O–H groups in total. The van der Waals surface area contributed by atoms with E-state index >= 15 is 0 Å². The Hall–Kier alpha value is 0.0874. The van der Waals surface area contributed by atoms with Crippen LogP contribution in [0.2, 0.25) is 0 Å². The van der Waals surface area contributed by atoms with Crippen LogP contribution in [0.3, 0.4) is 0 Å². The Morgan fingerprint density at radius 1 is 0.864 bits per heavy atom. The van der Waals surface area contributed by atoms with Crippen LogP contribution in [-0.2, 0) is 10.1 Å². The number of rotatable bonds is 10. The third kappa shape index (κ3) is 9.97. The molecule has 0 aliphatic heterocycles. The predicted molar refractivity (Wildman–Crippen MR) is 62.5 cm³/mol. The van der Waals surface area contributed by atoms with E-state index in [4.69, 9.17) is 0 Å². The summed E-state index contributed by atoms with van der Waals surface area (Å²) >= 11 is 0. The molecule has 0 aliphatic rings. The van der Waals surface area contributed by atoms with Gasteiger partial charge in [-0.1, -0.05) is 32.1 Å². The standard InChI is InChI=1S/C11H18F6O3S.Li/c12-9(11(16,17)21(18,19)20)7-5-3-1-2-4-6-8-10(13,14)15;/h9H,1-8H2,(H,18,19,20);/q;+1/p-1. The molecule has 128 valence electrons. The van der Waals surface area contributed by atoms with Gasteiger partial charge in [-0.15, -0.1) is 0 Å². The molecule has 0 heterocycles. The summed E-state index contributed by atoms with van der Waals surface area (Å²) in [6, 6.07) is 0. The molecule has 22 heavy (non-hydrogen) atoms. The Balaban J connectivity index is 0. The fraction of sp³-hybridized carbons (Fsp3) is 1.00. The fourth-order valence-electron chi connectivity index (χ4n) is 1.68. The minimum absolute atomic E-state index is 0. The molecule has 0 aliphatic carbocycles. The van der Waals surface area contributed by atoms with Gasteiger partial charge < -0.3 is 4.55 Å². The average Bonchev–Trinajstić information content (AvgIpc) is 2.29. The minimum atomic E-state index is -6.04. The van der Waals surface area contributed by atoms with Gasteiger partial charge in [0, 0.05) is 6.42 Å². The first-order chi connectivity index (χ1) is 9.38. The molecule has 1 unspecified atom stereocenters. The molecule has 0 amide bonds. The second-order valence-corrected chi connectivity index (χ2v) is 6.21. The van der Waals surface area contributed by atoms with E-state index in [1.165, 1.54) is 0 Å². The predicted octanol–water partition coefficient (Wildman–Crippen LogP) is 1.15. The maximum absolute atomic E-state index is 13.0. The van der Waals surface area contributed by atoms with E-state index in [2.05, 4.69) is 0 Å². The smallest absolute Gasteiger partial charge is 0.743 e. The van der Waals surface area contributed by atoms with Gasteiger partial charge in [0.1, 0.15) is 0 Å². The van der Waals surface area contributed by atoms with Gasteiger partial charge in [0.15, 0.2) is 16.3 Å². The molecular formula is C11H17F6LiO3S. The molecule has 0 aromatic rings. The molecule has 0 saturated heterocycles. The number of hydrogen-bond acceptors (Lipinski definition) is 3. The monoisotopic (exact) mass is 350 g/mol. The quantitative estimate of drug-likeness (QED) is 0.257. The van der Waals surface area contributed by atoms with Crippen molar-refractivity contribution >= 4 is 10.1 Å². The molecule has 11 heteroatoms. The minimum Gasteiger partial charge on any atom is -0.743 e. The SMILES string of the molecule is O=S(=O)([O-])C(F)(F)C(F)CCCCCCCCC(F)(F)F.[Li+]. The zero-order valence-electron chi connectivity index (χ0n) is 12.1. The number of hydrogen-bond donors (Lipinski definition) is 0. The summed E-state index contributed by atoms with van der Waals surface area (Å²) in [5, 5.41) is -4.94. The van der Waals surface area contributed by atoms with Crippen molar-refractivity contribution in [2.24, 2.45) is 0 Å². The number of alkyl halides is 6. The molecule has 0 rings (SSSR count). The molecular weight excluding hydrogens is 333 g/mol. The average molecular weight is 350 g/mol. The van der Waals surface area contributed by atoms with Crippen molar-refractivity contribution in [2.45, 2.75) is 69.0 Å². The molecule has 0 aromatic heterocycles. The van der Waals surface area contributed by atoms with Gasteiger partial charge in [-0.05, 0) is 12.8 Å². The molecule has 0 bridgehead atoms. The number of halogens is 6. The third-order valence-electron chi connectivity index (χ3n) is 2.87. The van der Waals surface area contributed by atoms with Crippen molar-refractivity contribution in [3.05, 3.63) is 0 Å². The maximum atomic E-state index is 13.0. The van der Waals surface area contributed by atoms with Crippen LogP contribution in [0.15, 0.2) is 0 Å². The van der Waals surface area contributed by atoms with Gasteiger partial charge in [-0.2, -0.15) is 22.0 Å². The van der Waals surface area contributed by atoms with Crippen molar-refractivity contribution in [3.63, 3.8) is 0 Å². The first kappa shape index (κ1) is 24.3. The van der Waals surface area contributed by atoms with Crippen molar-refractivity contribution in [1.82, 2.24) is 0 Å². The van der Waals surface area contributed by atoms with Crippen LogP contribution in [0.4, 0.5) is 26.3 Å². The van der Waals surface area contributed by atoms with Gasteiger partial charge in [-0.3, -0.25) is 0 Å². The molecule has 3 nitrogen and oxygen atoms in total. The summed E-state index contributed by atoms with van der Waals surface area (Å²) < 4.78 is 104. The summed E-state index contributed by atoms with van der Waals surface area (Å²) in [7, 11) is -6.04. The van der Waals surface area contributed by atoms with E-state index in [-0.39, 0.29) is 38.1 Å². The van der Waals surface area contributed by atoms with Crippen LogP contribution in [0.5, 0.6) is 0 Å². The van der Waals surface area contributed by atoms with Crippen molar-refractivity contribution in [1.29, 1.82) is 0 Å². The zero-order valence-corrected chi connectivity index (χ0v) is 13.0. The zero-order chi connectivity index (χ0) is 16.7. The molecule has 0 radical (unpaired) electrons. The summed E-state index contributed by atoms with van der Waals surface area (Å²) in [6.45, 7) is 0. The van der Waals surface area contributed by atoms with Gasteiger partial charge in [0.25, 0.3) is 0 Å². The van der Waals surface area contributed by atoms with E-state index in [0.717, 1.165) is 0 Å². The topological polar surface area (TPSA) is 57.2 Å². The first-order valence-corrected chi connectivity index (χ1v) is 7.83. The Morgan fingerprint density at radius 3 is 1.68 bits per heavy atom. The molecule has 0 saturated carbocycles. The second kappa shape index (κ2) is 10.1. The maximum Gasteiger partial charge on any atom is 1.00 e. The van der Waals surface area contributed by atoms with E-state index < -0.39 is 40.6 Å². The summed E-state index contributed by atoms with van der Waals surface area (Å²) in [6.07, 6.45) is -7.53. The summed E-state index contributed by atoms with van der Waals surface area (Å²) in [5.41, 5.74) is 0. The normalized spacial score (nSPS) is 14.5. The van der Waals surface area contributed by atoms with E-state index in [1.54, 1.807) is 0 Å². The van der Waals surface area contributed by atoms with Crippen LogP contribution in [0, 0.1) is 0 Å². The number of unbranched alkanes of at least 4 members (excludes halogenated alkanes) is 5. The second-order valence-electron chi connectivity index (χ2n) is 4.76. The van der Waals surface area contributed by atoms with Gasteiger partial charge in [0.2, 0.25) is 0 Å². The Morgan fingerprint density at radius 2 is 1.27 bits per heavy atom. The van der Waals surface area contributed by atoms with E-state index in [1.807, 2.05) is 0 Å². The van der Waals surface area contributed by atoms with Crippen LogP contribution >= 0.6 is 0 Å². The van der Waals surface area contributed by atoms with Crippen molar-refractivity contribution in [3.8, 4) is 0 Å². The summed E-state index contributed by atoms with van der Waals surface area (Å²) in [5.74, 6) is 0. The molecule has 0 aromatic carbocycles. The van der Waals surface area contributed by atoms with E-state index in [0.29, 0.717) is 19.3 Å². The largest absolute Gasteiger partial charge is 1.00 e. The van der Waals surface area contributed by atoms with Crippen LogP contribution in [-0.4, -0.2) is 30.6 Å². The van der Waals surface area contributed by atoms with E-state index in [9.17, 15) is 39.3 Å². The van der Waals surface area contributed by atoms with Gasteiger partial charge in [0.05, 0.1) is 0 Å². The van der Waals surface area contributed by atoms with Gasteiger partial charge in [-0.25, -0.2) is 12.8 Å². The fourth-order valence-corrected chi connectivity index (χ4v) is 2.11. The first-order valence-electron chi connectivity index (χ1n) is 6.42. The Bertz CT molecular complexity index is 399. The molecule has 0 spiro atoms. The molecule has 0 fully saturated rings. The van der Waals surface area contributed by atoms with Crippen molar-refractivity contribution < 1.29 is 58.2 Å². The van der Waals surface area contributed by atoms with Crippen molar-refractivity contribution in [2.75, 3.05) is 0 Å². The Labute approximate surface area is 137 Å². The van der Waals surface area contributed by atoms with Crippen LogP contribution in [0.1, 0.15) is 51.4 Å². The van der Waals surface area contributed by atoms with Crippen LogP contribution < -0.4 is 18.9 Å². The molecule has 1 atom stereocenters. The van der Waals surface area contributed by atoms with Crippen LogP contribution in [0.25, 0.3) is 0 Å². The Kier molecular flexibility index (Phi) is 11.1. The summed E-state index contributed by atoms with van der Waals surface area (Å²) in [4.78, 5) is 0. The van der Waals surface area contributed by atoms with Gasteiger partial charge >= 0.3 is 30.3 Å². The third-order valence-corrected chi connectivity index (χ3v) is 3.79.